The van der Waals surface area contributed by atoms with Gasteiger partial charge in [0.05, 0.1) is 13.0 Å². The first-order valence-corrected chi connectivity index (χ1v) is 8.18. The number of imide groups is 1. The molecule has 0 aliphatic carbocycles. The van der Waals surface area contributed by atoms with Crippen LogP contribution >= 0.6 is 0 Å². The van der Waals surface area contributed by atoms with E-state index in [-0.39, 0.29) is 13.0 Å². The lowest BCUT2D eigenvalue weighted by Crippen LogP contribution is -2.35. The summed E-state index contributed by atoms with van der Waals surface area (Å²) in [7, 11) is 1.69. The highest BCUT2D eigenvalue weighted by Crippen LogP contribution is 2.19. The number of hydrogen-bond acceptors (Lipinski definition) is 5. The average Bonchev–Trinajstić information content (AvgIpc) is 3.02. The van der Waals surface area contributed by atoms with Gasteiger partial charge in [-0.3, -0.25) is 19.7 Å². The molecule has 7 nitrogen and oxygen atoms in total. The van der Waals surface area contributed by atoms with Crippen LogP contribution in [0.15, 0.2) is 36.5 Å². The first-order valence-electron chi connectivity index (χ1n) is 8.18. The van der Waals surface area contributed by atoms with Crippen LogP contribution in [0, 0.1) is 13.8 Å². The maximum absolute atomic E-state index is 11.9. The van der Waals surface area contributed by atoms with Crippen LogP contribution in [0.5, 0.6) is 5.75 Å². The van der Waals surface area contributed by atoms with Crippen LogP contribution in [0.2, 0.25) is 0 Å². The number of rotatable bonds is 7. The normalized spacial score (nSPS) is 10.3. The van der Waals surface area contributed by atoms with E-state index in [0.717, 1.165) is 11.1 Å². The summed E-state index contributed by atoms with van der Waals surface area (Å²) in [6, 6.07) is 9.08. The Morgan fingerprint density at radius 2 is 1.92 bits per heavy atom. The highest BCUT2D eigenvalue weighted by Gasteiger charge is 2.14. The molecule has 0 atom stereocenters. The summed E-state index contributed by atoms with van der Waals surface area (Å²) in [6.45, 7) is 3.50. The van der Waals surface area contributed by atoms with Gasteiger partial charge in [-0.05, 0) is 43.2 Å². The van der Waals surface area contributed by atoms with Gasteiger partial charge in [0.2, 0.25) is 0 Å². The van der Waals surface area contributed by atoms with Crippen LogP contribution in [0.25, 0.3) is 0 Å². The molecule has 2 rings (SSSR count). The number of aryl methyl sites for hydroxylation is 3. The summed E-state index contributed by atoms with van der Waals surface area (Å²) in [4.78, 5) is 35.2. The molecule has 0 unspecified atom stereocenters. The van der Waals surface area contributed by atoms with Crippen molar-refractivity contribution in [2.75, 3.05) is 13.2 Å². The van der Waals surface area contributed by atoms with Crippen molar-refractivity contribution in [1.82, 2.24) is 9.88 Å². The molecule has 26 heavy (non-hydrogen) atoms. The smallest absolute Gasteiger partial charge is 0.309 e. The van der Waals surface area contributed by atoms with E-state index in [1.54, 1.807) is 29.9 Å². The lowest BCUT2D eigenvalue weighted by Gasteiger charge is -2.10. The maximum atomic E-state index is 11.9. The van der Waals surface area contributed by atoms with E-state index in [2.05, 4.69) is 5.32 Å². The van der Waals surface area contributed by atoms with Gasteiger partial charge >= 0.3 is 5.97 Å². The summed E-state index contributed by atoms with van der Waals surface area (Å²) in [5, 5.41) is 2.17. The predicted molar refractivity (Wildman–Crippen MR) is 94.9 cm³/mol. The number of carbonyl (C=O) groups excluding carboxylic acids is 3. The zero-order valence-electron chi connectivity index (χ0n) is 15.1. The fraction of sp³-hybridized carbons (Fsp3) is 0.316. The number of benzene rings is 1. The van der Waals surface area contributed by atoms with E-state index in [1.165, 1.54) is 0 Å². The van der Waals surface area contributed by atoms with Crippen molar-refractivity contribution >= 4 is 17.8 Å². The van der Waals surface area contributed by atoms with Crippen LogP contribution in [-0.4, -0.2) is 35.6 Å². The summed E-state index contributed by atoms with van der Waals surface area (Å²) < 4.78 is 12.0. The lowest BCUT2D eigenvalue weighted by atomic mass is 10.1. The number of ether oxygens (including phenoxy) is 2. The van der Waals surface area contributed by atoms with Gasteiger partial charge in [-0.1, -0.05) is 12.1 Å². The number of esters is 1. The number of amides is 2. The number of hydrogen-bond donors (Lipinski definition) is 1. The van der Waals surface area contributed by atoms with Crippen molar-refractivity contribution in [1.29, 1.82) is 0 Å². The number of carbonyl (C=O) groups is 3. The van der Waals surface area contributed by atoms with Crippen molar-refractivity contribution in [3.63, 3.8) is 0 Å². The van der Waals surface area contributed by atoms with Crippen LogP contribution in [0.1, 0.15) is 28.0 Å². The Labute approximate surface area is 151 Å². The molecule has 0 spiro atoms. The SMILES string of the molecule is Cc1ccc(C)c(OCCC(=O)OCC(=O)NC(=O)c2cccn2C)c1. The minimum atomic E-state index is -0.681. The Morgan fingerprint density at radius 3 is 2.62 bits per heavy atom. The molecule has 0 fully saturated rings. The topological polar surface area (TPSA) is 86.6 Å². The van der Waals surface area contributed by atoms with Crippen LogP contribution in [0.3, 0.4) is 0 Å². The molecule has 138 valence electrons. The second-order valence-corrected chi connectivity index (χ2v) is 5.91. The molecular weight excluding hydrogens is 336 g/mol. The van der Waals surface area contributed by atoms with Crippen molar-refractivity contribution in [2.24, 2.45) is 7.05 Å². The quantitative estimate of drug-likeness (QED) is 0.764. The predicted octanol–water partition coefficient (Wildman–Crippen LogP) is 1.91. The Kier molecular flexibility index (Phi) is 6.54. The second-order valence-electron chi connectivity index (χ2n) is 5.91. The number of nitrogens with zero attached hydrogens (tertiary/aromatic N) is 1. The third-order valence-electron chi connectivity index (χ3n) is 3.70. The fourth-order valence-electron chi connectivity index (χ4n) is 2.25. The first-order chi connectivity index (χ1) is 12.4. The minimum absolute atomic E-state index is 0.00637. The summed E-state index contributed by atoms with van der Waals surface area (Å²) in [5.41, 5.74) is 2.38. The highest BCUT2D eigenvalue weighted by atomic mass is 16.5. The average molecular weight is 358 g/mol. The highest BCUT2D eigenvalue weighted by molar-refractivity contribution is 6.04. The molecule has 1 heterocycles. The van der Waals surface area contributed by atoms with Crippen LogP contribution in [-0.2, 0) is 21.4 Å². The molecule has 0 bridgehead atoms. The van der Waals surface area contributed by atoms with E-state index >= 15 is 0 Å². The van der Waals surface area contributed by atoms with E-state index in [1.807, 2.05) is 32.0 Å². The van der Waals surface area contributed by atoms with Gasteiger partial charge in [0.1, 0.15) is 11.4 Å². The molecule has 0 saturated carbocycles. The van der Waals surface area contributed by atoms with Crippen molar-refractivity contribution in [2.45, 2.75) is 20.3 Å². The Morgan fingerprint density at radius 1 is 1.15 bits per heavy atom. The largest absolute Gasteiger partial charge is 0.493 e. The zero-order valence-corrected chi connectivity index (χ0v) is 15.1. The van der Waals surface area contributed by atoms with E-state index in [4.69, 9.17) is 9.47 Å². The van der Waals surface area contributed by atoms with Gasteiger partial charge in [0.25, 0.3) is 11.8 Å². The Balaban J connectivity index is 1.69. The molecular formula is C19H22N2O5. The first kappa shape index (κ1) is 19.2. The Hall–Kier alpha value is -3.09. The van der Waals surface area contributed by atoms with Gasteiger partial charge in [0, 0.05) is 13.2 Å². The van der Waals surface area contributed by atoms with E-state index in [0.29, 0.717) is 11.4 Å². The minimum Gasteiger partial charge on any atom is -0.493 e. The monoisotopic (exact) mass is 358 g/mol. The molecule has 0 aliphatic rings. The molecule has 0 radical (unpaired) electrons. The third-order valence-corrected chi connectivity index (χ3v) is 3.70. The molecule has 0 aliphatic heterocycles. The molecule has 1 aromatic heterocycles. The van der Waals surface area contributed by atoms with E-state index in [9.17, 15) is 14.4 Å². The fourth-order valence-corrected chi connectivity index (χ4v) is 2.25. The van der Waals surface area contributed by atoms with Gasteiger partial charge in [-0.15, -0.1) is 0 Å². The number of aromatic nitrogens is 1. The molecule has 7 heteroatoms. The van der Waals surface area contributed by atoms with Gasteiger partial charge in [-0.25, -0.2) is 0 Å². The third kappa shape index (κ3) is 5.47. The van der Waals surface area contributed by atoms with Crippen LogP contribution < -0.4 is 10.1 Å². The van der Waals surface area contributed by atoms with Crippen molar-refractivity contribution in [3.05, 3.63) is 53.3 Å². The number of nitrogens with one attached hydrogen (secondary N) is 1. The molecule has 1 N–H and O–H groups in total. The molecule has 2 aromatic rings. The summed E-state index contributed by atoms with van der Waals surface area (Å²) in [6.07, 6.45) is 1.70. The van der Waals surface area contributed by atoms with Gasteiger partial charge in [0.15, 0.2) is 6.61 Å². The maximum Gasteiger partial charge on any atom is 0.309 e. The molecule has 0 saturated heterocycles. The van der Waals surface area contributed by atoms with Crippen molar-refractivity contribution < 1.29 is 23.9 Å². The van der Waals surface area contributed by atoms with Gasteiger partial charge < -0.3 is 14.0 Å². The van der Waals surface area contributed by atoms with Gasteiger partial charge in [-0.2, -0.15) is 0 Å². The molecule has 2 amide bonds. The molecule has 1 aromatic carbocycles. The second kappa shape index (κ2) is 8.84. The van der Waals surface area contributed by atoms with Crippen molar-refractivity contribution in [3.8, 4) is 5.75 Å². The van der Waals surface area contributed by atoms with E-state index < -0.39 is 24.4 Å². The lowest BCUT2D eigenvalue weighted by molar-refractivity contribution is -0.148. The standard InChI is InChI=1S/C19H22N2O5/c1-13-6-7-14(2)16(11-13)25-10-8-18(23)26-12-17(22)20-19(24)15-5-4-9-21(15)3/h4-7,9,11H,8,10,12H2,1-3H3,(H,20,22,24). The Bertz CT molecular complexity index is 810. The summed E-state index contributed by atoms with van der Waals surface area (Å²) >= 11 is 0. The summed E-state index contributed by atoms with van der Waals surface area (Å²) in [5.74, 6) is -1.09. The zero-order chi connectivity index (χ0) is 19.1. The van der Waals surface area contributed by atoms with Crippen LogP contribution in [0.4, 0.5) is 0 Å².